The molecule has 0 bridgehead atoms. The van der Waals surface area contributed by atoms with E-state index in [9.17, 15) is 4.79 Å². The smallest absolute Gasteiger partial charge is 0.152 e. The Morgan fingerprint density at radius 3 is 2.73 bits per heavy atom. The van der Waals surface area contributed by atoms with E-state index in [2.05, 4.69) is 13.8 Å². The Labute approximate surface area is 73.3 Å². The Hall–Kier alpha value is -0.240. The lowest BCUT2D eigenvalue weighted by molar-refractivity contribution is -0.112. The van der Waals surface area contributed by atoms with Crippen LogP contribution in [0.1, 0.15) is 27.2 Å². The van der Waals surface area contributed by atoms with E-state index in [0.717, 1.165) is 0 Å². The standard InChI is InChI=1S/C9H16OS/c1-4-7-11-9(3)6-5-8(2)10/h5-6,9H,4,7H2,1-3H3/b6-5+. The molecule has 0 aliphatic carbocycles. The zero-order valence-corrected chi connectivity index (χ0v) is 8.28. The molecule has 0 aliphatic heterocycles. The third kappa shape index (κ3) is 7.66. The first-order chi connectivity index (χ1) is 5.16. The van der Waals surface area contributed by atoms with Crippen molar-refractivity contribution in [3.63, 3.8) is 0 Å². The minimum Gasteiger partial charge on any atom is -0.295 e. The summed E-state index contributed by atoms with van der Waals surface area (Å²) in [5.41, 5.74) is 0. The quantitative estimate of drug-likeness (QED) is 0.593. The average Bonchev–Trinajstić information content (AvgIpc) is 1.97. The molecule has 0 N–H and O–H groups in total. The van der Waals surface area contributed by atoms with Crippen LogP contribution in [-0.2, 0) is 4.79 Å². The molecule has 0 aliphatic rings. The van der Waals surface area contributed by atoms with Gasteiger partial charge in [0.2, 0.25) is 0 Å². The fourth-order valence-electron chi connectivity index (χ4n) is 0.630. The summed E-state index contributed by atoms with van der Waals surface area (Å²) in [6.07, 6.45) is 4.80. The minimum atomic E-state index is 0.133. The third-order valence-corrected chi connectivity index (χ3v) is 2.51. The first-order valence-corrected chi connectivity index (χ1v) is 5.02. The summed E-state index contributed by atoms with van der Waals surface area (Å²) in [5, 5.41) is 0.471. The molecule has 1 nitrogen and oxygen atoms in total. The first kappa shape index (κ1) is 10.8. The number of carbonyl (C=O) groups is 1. The molecule has 0 fully saturated rings. The maximum Gasteiger partial charge on any atom is 0.152 e. The maximum absolute atomic E-state index is 10.5. The second-order valence-electron chi connectivity index (χ2n) is 2.55. The number of ketones is 1. The predicted octanol–water partition coefficient (Wildman–Crippen LogP) is 2.66. The third-order valence-electron chi connectivity index (χ3n) is 1.19. The fourth-order valence-corrected chi connectivity index (χ4v) is 1.43. The Balaban J connectivity index is 3.50. The van der Waals surface area contributed by atoms with Crippen LogP contribution in [0.25, 0.3) is 0 Å². The van der Waals surface area contributed by atoms with Crippen molar-refractivity contribution < 1.29 is 4.79 Å². The van der Waals surface area contributed by atoms with E-state index in [1.165, 1.54) is 12.2 Å². The van der Waals surface area contributed by atoms with Crippen molar-refractivity contribution in [2.75, 3.05) is 5.75 Å². The molecule has 0 aromatic rings. The lowest BCUT2D eigenvalue weighted by Crippen LogP contribution is -1.93. The molecule has 0 spiro atoms. The summed E-state index contributed by atoms with van der Waals surface area (Å²) in [6.45, 7) is 5.85. The number of thioether (sulfide) groups is 1. The molecule has 0 aromatic heterocycles. The zero-order valence-electron chi connectivity index (χ0n) is 7.46. The molecule has 0 heterocycles. The Morgan fingerprint density at radius 1 is 1.64 bits per heavy atom. The lowest BCUT2D eigenvalue weighted by atomic mass is 10.3. The predicted molar refractivity (Wildman–Crippen MR) is 52.0 cm³/mol. The maximum atomic E-state index is 10.5. The van der Waals surface area contributed by atoms with Gasteiger partial charge < -0.3 is 0 Å². The Kier molecular flexibility index (Phi) is 6.33. The van der Waals surface area contributed by atoms with Crippen molar-refractivity contribution in [3.8, 4) is 0 Å². The molecule has 1 atom stereocenters. The first-order valence-electron chi connectivity index (χ1n) is 3.97. The number of hydrogen-bond acceptors (Lipinski definition) is 2. The van der Waals surface area contributed by atoms with Crippen molar-refractivity contribution in [1.82, 2.24) is 0 Å². The van der Waals surface area contributed by atoms with E-state index in [4.69, 9.17) is 0 Å². The molecular weight excluding hydrogens is 156 g/mol. The average molecular weight is 172 g/mol. The van der Waals surface area contributed by atoms with Crippen LogP contribution in [0.3, 0.4) is 0 Å². The number of allylic oxidation sites excluding steroid dienone is 1. The number of hydrogen-bond donors (Lipinski definition) is 0. The topological polar surface area (TPSA) is 17.1 Å². The van der Waals surface area contributed by atoms with Crippen LogP contribution in [0.2, 0.25) is 0 Å². The molecule has 2 heteroatoms. The van der Waals surface area contributed by atoms with E-state index in [1.807, 2.05) is 17.8 Å². The summed E-state index contributed by atoms with van der Waals surface area (Å²) in [4.78, 5) is 10.5. The molecule has 0 saturated carbocycles. The van der Waals surface area contributed by atoms with E-state index in [0.29, 0.717) is 5.25 Å². The minimum absolute atomic E-state index is 0.133. The van der Waals surface area contributed by atoms with Gasteiger partial charge in [-0.1, -0.05) is 13.0 Å². The summed E-state index contributed by atoms with van der Waals surface area (Å²) in [7, 11) is 0. The van der Waals surface area contributed by atoms with Gasteiger partial charge in [0, 0.05) is 5.25 Å². The van der Waals surface area contributed by atoms with Crippen LogP contribution in [0.5, 0.6) is 0 Å². The van der Waals surface area contributed by atoms with Gasteiger partial charge in [-0.2, -0.15) is 11.8 Å². The highest BCUT2D eigenvalue weighted by Crippen LogP contribution is 2.12. The second kappa shape index (κ2) is 6.47. The normalized spacial score (nSPS) is 13.7. The lowest BCUT2D eigenvalue weighted by Gasteiger charge is -2.02. The number of rotatable bonds is 5. The van der Waals surface area contributed by atoms with Crippen LogP contribution in [0.4, 0.5) is 0 Å². The molecule has 11 heavy (non-hydrogen) atoms. The monoisotopic (exact) mass is 172 g/mol. The summed E-state index contributed by atoms with van der Waals surface area (Å²) in [6, 6.07) is 0. The van der Waals surface area contributed by atoms with E-state index in [-0.39, 0.29) is 5.78 Å². The molecule has 0 rings (SSSR count). The van der Waals surface area contributed by atoms with E-state index in [1.54, 1.807) is 13.0 Å². The summed E-state index contributed by atoms with van der Waals surface area (Å²) in [5.74, 6) is 1.30. The SMILES string of the molecule is CCCSC(C)/C=C/C(C)=O. The second-order valence-corrected chi connectivity index (χ2v) is 4.03. The van der Waals surface area contributed by atoms with Gasteiger partial charge in [-0.15, -0.1) is 0 Å². The molecule has 0 aromatic carbocycles. The van der Waals surface area contributed by atoms with Crippen molar-refractivity contribution in [1.29, 1.82) is 0 Å². The van der Waals surface area contributed by atoms with Crippen molar-refractivity contribution in [2.24, 2.45) is 0 Å². The van der Waals surface area contributed by atoms with Gasteiger partial charge in [-0.25, -0.2) is 0 Å². The van der Waals surface area contributed by atoms with Crippen molar-refractivity contribution >= 4 is 17.5 Å². The van der Waals surface area contributed by atoms with Gasteiger partial charge in [0.25, 0.3) is 0 Å². The van der Waals surface area contributed by atoms with Crippen molar-refractivity contribution in [2.45, 2.75) is 32.4 Å². The highest BCUT2D eigenvalue weighted by molar-refractivity contribution is 8.00. The fraction of sp³-hybridized carbons (Fsp3) is 0.667. The number of carbonyl (C=O) groups excluding carboxylic acids is 1. The van der Waals surface area contributed by atoms with E-state index < -0.39 is 0 Å². The van der Waals surface area contributed by atoms with Crippen LogP contribution in [0, 0.1) is 0 Å². The highest BCUT2D eigenvalue weighted by atomic mass is 32.2. The van der Waals surface area contributed by atoms with Crippen LogP contribution < -0.4 is 0 Å². The van der Waals surface area contributed by atoms with Crippen LogP contribution in [-0.4, -0.2) is 16.8 Å². The largest absolute Gasteiger partial charge is 0.295 e. The summed E-state index contributed by atoms with van der Waals surface area (Å²) < 4.78 is 0. The van der Waals surface area contributed by atoms with Crippen molar-refractivity contribution in [3.05, 3.63) is 12.2 Å². The summed E-state index contributed by atoms with van der Waals surface area (Å²) >= 11 is 1.88. The van der Waals surface area contributed by atoms with Gasteiger partial charge in [0.1, 0.15) is 0 Å². The molecule has 0 radical (unpaired) electrons. The molecule has 64 valence electrons. The Bertz CT molecular complexity index is 140. The molecule has 1 unspecified atom stereocenters. The van der Waals surface area contributed by atoms with Gasteiger partial charge in [-0.3, -0.25) is 4.79 Å². The van der Waals surface area contributed by atoms with Crippen LogP contribution in [0.15, 0.2) is 12.2 Å². The molecular formula is C9H16OS. The zero-order chi connectivity index (χ0) is 8.69. The van der Waals surface area contributed by atoms with Gasteiger partial charge in [-0.05, 0) is 32.1 Å². The van der Waals surface area contributed by atoms with E-state index >= 15 is 0 Å². The van der Waals surface area contributed by atoms with Gasteiger partial charge >= 0.3 is 0 Å². The molecule has 0 amide bonds. The molecule has 0 saturated heterocycles. The van der Waals surface area contributed by atoms with Crippen LogP contribution >= 0.6 is 11.8 Å². The highest BCUT2D eigenvalue weighted by Gasteiger charge is 1.95. The van der Waals surface area contributed by atoms with Gasteiger partial charge in [0.05, 0.1) is 0 Å². The van der Waals surface area contributed by atoms with Gasteiger partial charge in [0.15, 0.2) is 5.78 Å². The Morgan fingerprint density at radius 2 is 2.27 bits per heavy atom.